The molecule has 0 radical (unpaired) electrons. The number of hydrogen-bond acceptors (Lipinski definition) is 2. The van der Waals surface area contributed by atoms with Crippen LogP contribution in [0.4, 0.5) is 4.39 Å². The van der Waals surface area contributed by atoms with Crippen molar-refractivity contribution >= 4 is 21.8 Å². The van der Waals surface area contributed by atoms with Gasteiger partial charge in [0.15, 0.2) is 0 Å². The maximum absolute atomic E-state index is 13.4. The second-order valence-corrected chi connectivity index (χ2v) is 6.27. The number of amides is 1. The van der Waals surface area contributed by atoms with Crippen LogP contribution in [0.25, 0.3) is 0 Å². The summed E-state index contributed by atoms with van der Waals surface area (Å²) in [6.45, 7) is 2.93. The van der Waals surface area contributed by atoms with E-state index in [9.17, 15) is 9.18 Å². The van der Waals surface area contributed by atoms with Crippen molar-refractivity contribution < 1.29 is 9.18 Å². The molecule has 1 aliphatic rings. The summed E-state index contributed by atoms with van der Waals surface area (Å²) in [5.41, 5.74) is 0.370. The van der Waals surface area contributed by atoms with Crippen LogP contribution in [0.2, 0.25) is 0 Å². The van der Waals surface area contributed by atoms with Crippen LogP contribution in [0.5, 0.6) is 0 Å². The zero-order chi connectivity index (χ0) is 14.5. The minimum absolute atomic E-state index is 0.204. The van der Waals surface area contributed by atoms with E-state index in [0.717, 1.165) is 19.5 Å². The van der Waals surface area contributed by atoms with Crippen LogP contribution < -0.4 is 5.32 Å². The van der Waals surface area contributed by atoms with Crippen LogP contribution in [0.15, 0.2) is 22.7 Å². The van der Waals surface area contributed by atoms with Gasteiger partial charge >= 0.3 is 0 Å². The number of carbonyl (C=O) groups excluding carboxylic acids is 1. The van der Waals surface area contributed by atoms with Gasteiger partial charge < -0.3 is 10.2 Å². The highest BCUT2D eigenvalue weighted by Gasteiger charge is 2.16. The van der Waals surface area contributed by atoms with Gasteiger partial charge in [-0.2, -0.15) is 0 Å². The molecule has 1 heterocycles. The summed E-state index contributed by atoms with van der Waals surface area (Å²) in [7, 11) is 2.14. The number of halogens is 2. The fraction of sp³-hybridized carbons (Fsp3) is 0.533. The van der Waals surface area contributed by atoms with Crippen LogP contribution in [0, 0.1) is 11.7 Å². The quantitative estimate of drug-likeness (QED) is 0.911. The van der Waals surface area contributed by atoms with Crippen molar-refractivity contribution in [1.82, 2.24) is 10.2 Å². The molecule has 0 saturated carbocycles. The van der Waals surface area contributed by atoms with Gasteiger partial charge in [-0.25, -0.2) is 4.39 Å². The molecule has 1 aromatic rings. The van der Waals surface area contributed by atoms with E-state index in [-0.39, 0.29) is 5.91 Å². The lowest BCUT2D eigenvalue weighted by Crippen LogP contribution is -2.32. The van der Waals surface area contributed by atoms with Crippen LogP contribution in [0.1, 0.15) is 29.6 Å². The lowest BCUT2D eigenvalue weighted by Gasteiger charge is -2.28. The zero-order valence-electron chi connectivity index (χ0n) is 11.7. The fourth-order valence-corrected chi connectivity index (χ4v) is 2.73. The predicted molar refractivity (Wildman–Crippen MR) is 81.3 cm³/mol. The van der Waals surface area contributed by atoms with E-state index in [1.807, 2.05) is 0 Å². The summed E-state index contributed by atoms with van der Waals surface area (Å²) in [5, 5.41) is 2.87. The number of carbonyl (C=O) groups is 1. The molecule has 1 amide bonds. The Kier molecular flexibility index (Phi) is 5.54. The first-order valence-electron chi connectivity index (χ1n) is 6.98. The molecule has 1 aromatic carbocycles. The molecule has 110 valence electrons. The molecule has 0 atom stereocenters. The third-order valence-electron chi connectivity index (χ3n) is 3.86. The predicted octanol–water partition coefficient (Wildman–Crippen LogP) is 3.05. The van der Waals surface area contributed by atoms with Crippen molar-refractivity contribution in [3.05, 3.63) is 34.1 Å². The van der Waals surface area contributed by atoms with E-state index >= 15 is 0 Å². The molecular weight excluding hydrogens is 323 g/mol. The summed E-state index contributed by atoms with van der Waals surface area (Å²) in [4.78, 5) is 14.2. The summed E-state index contributed by atoms with van der Waals surface area (Å²) in [6, 6.07) is 4.44. The van der Waals surface area contributed by atoms with Crippen molar-refractivity contribution in [3.63, 3.8) is 0 Å². The Morgan fingerprint density at radius 3 is 2.80 bits per heavy atom. The number of piperidine rings is 1. The van der Waals surface area contributed by atoms with Gasteiger partial charge in [-0.1, -0.05) is 0 Å². The van der Waals surface area contributed by atoms with Crippen LogP contribution in [-0.2, 0) is 0 Å². The van der Waals surface area contributed by atoms with Crippen LogP contribution >= 0.6 is 15.9 Å². The van der Waals surface area contributed by atoms with Crippen molar-refractivity contribution in [2.75, 3.05) is 26.7 Å². The van der Waals surface area contributed by atoms with Crippen LogP contribution in [0.3, 0.4) is 0 Å². The first-order valence-corrected chi connectivity index (χ1v) is 7.77. The Labute approximate surface area is 127 Å². The standard InChI is InChI=1S/C15H20BrFN2O/c1-19-8-5-11(6-9-19)4-7-18-15(20)12-2-3-13(16)14(17)10-12/h2-3,10-11H,4-9H2,1H3,(H,18,20). The highest BCUT2D eigenvalue weighted by Crippen LogP contribution is 2.19. The molecule has 0 bridgehead atoms. The molecule has 1 fully saturated rings. The van der Waals surface area contributed by atoms with E-state index in [4.69, 9.17) is 0 Å². The van der Waals surface area contributed by atoms with Gasteiger partial charge in [0, 0.05) is 12.1 Å². The molecular formula is C15H20BrFN2O. The van der Waals surface area contributed by atoms with Gasteiger partial charge in [0.05, 0.1) is 4.47 Å². The van der Waals surface area contributed by atoms with Crippen molar-refractivity contribution in [2.24, 2.45) is 5.92 Å². The Hall–Kier alpha value is -0.940. The molecule has 1 N–H and O–H groups in total. The maximum Gasteiger partial charge on any atom is 0.251 e. The van der Waals surface area contributed by atoms with E-state index in [1.165, 1.54) is 18.9 Å². The Morgan fingerprint density at radius 2 is 2.15 bits per heavy atom. The highest BCUT2D eigenvalue weighted by atomic mass is 79.9. The summed E-state index contributed by atoms with van der Waals surface area (Å²) >= 11 is 3.08. The molecule has 3 nitrogen and oxygen atoms in total. The van der Waals surface area contributed by atoms with Crippen molar-refractivity contribution in [3.8, 4) is 0 Å². The van der Waals surface area contributed by atoms with Gasteiger partial charge in [-0.3, -0.25) is 4.79 Å². The SMILES string of the molecule is CN1CCC(CCNC(=O)c2ccc(Br)c(F)c2)CC1. The monoisotopic (exact) mass is 342 g/mol. The number of rotatable bonds is 4. The number of benzene rings is 1. The molecule has 0 aliphatic carbocycles. The molecule has 5 heteroatoms. The van der Waals surface area contributed by atoms with Gasteiger partial charge in [0.25, 0.3) is 5.91 Å². The average Bonchev–Trinajstić information content (AvgIpc) is 2.44. The maximum atomic E-state index is 13.4. The number of hydrogen-bond donors (Lipinski definition) is 1. The minimum atomic E-state index is -0.409. The van der Waals surface area contributed by atoms with E-state index in [0.29, 0.717) is 22.5 Å². The van der Waals surface area contributed by atoms with Gasteiger partial charge in [-0.15, -0.1) is 0 Å². The first kappa shape index (κ1) is 15.4. The molecule has 20 heavy (non-hydrogen) atoms. The molecule has 1 aliphatic heterocycles. The molecule has 0 spiro atoms. The third kappa shape index (κ3) is 4.28. The van der Waals surface area contributed by atoms with Gasteiger partial charge in [0.1, 0.15) is 5.82 Å². The lowest BCUT2D eigenvalue weighted by atomic mass is 9.94. The summed E-state index contributed by atoms with van der Waals surface area (Å²) < 4.78 is 13.7. The minimum Gasteiger partial charge on any atom is -0.352 e. The second-order valence-electron chi connectivity index (χ2n) is 5.42. The topological polar surface area (TPSA) is 32.3 Å². The lowest BCUT2D eigenvalue weighted by molar-refractivity contribution is 0.0948. The van der Waals surface area contributed by atoms with E-state index in [1.54, 1.807) is 12.1 Å². The second kappa shape index (κ2) is 7.18. The van der Waals surface area contributed by atoms with Crippen molar-refractivity contribution in [1.29, 1.82) is 0 Å². The molecule has 0 unspecified atom stereocenters. The fourth-order valence-electron chi connectivity index (χ4n) is 2.48. The van der Waals surface area contributed by atoms with Gasteiger partial charge in [-0.05, 0) is 79.4 Å². The van der Waals surface area contributed by atoms with Crippen LogP contribution in [-0.4, -0.2) is 37.5 Å². The third-order valence-corrected chi connectivity index (χ3v) is 4.50. The molecule has 2 rings (SSSR count). The number of nitrogens with zero attached hydrogens (tertiary/aromatic N) is 1. The highest BCUT2D eigenvalue weighted by molar-refractivity contribution is 9.10. The smallest absolute Gasteiger partial charge is 0.251 e. The largest absolute Gasteiger partial charge is 0.352 e. The zero-order valence-corrected chi connectivity index (χ0v) is 13.2. The summed E-state index contributed by atoms with van der Waals surface area (Å²) in [6.07, 6.45) is 3.39. The normalized spacial score (nSPS) is 17.1. The molecule has 0 aromatic heterocycles. The Bertz CT molecular complexity index is 473. The average molecular weight is 343 g/mol. The Balaban J connectivity index is 1.76. The van der Waals surface area contributed by atoms with Crippen molar-refractivity contribution in [2.45, 2.75) is 19.3 Å². The number of nitrogens with one attached hydrogen (secondary N) is 1. The van der Waals surface area contributed by atoms with E-state index in [2.05, 4.69) is 33.2 Å². The first-order chi connectivity index (χ1) is 9.56. The number of likely N-dealkylation sites (tertiary alicyclic amines) is 1. The molecule has 1 saturated heterocycles. The van der Waals surface area contributed by atoms with Gasteiger partial charge in [0.2, 0.25) is 0 Å². The summed E-state index contributed by atoms with van der Waals surface area (Å²) in [5.74, 6) is 0.0745. The Morgan fingerprint density at radius 1 is 1.45 bits per heavy atom. The van der Waals surface area contributed by atoms with E-state index < -0.39 is 5.82 Å².